The van der Waals surface area contributed by atoms with E-state index in [4.69, 9.17) is 0 Å². The number of hydrogen-bond acceptors (Lipinski definition) is 3. The molecule has 15 heavy (non-hydrogen) atoms. The van der Waals surface area contributed by atoms with Crippen molar-refractivity contribution < 1.29 is 8.42 Å². The second-order valence-corrected chi connectivity index (χ2v) is 6.99. The van der Waals surface area contributed by atoms with Gasteiger partial charge in [0.25, 0.3) is 0 Å². The van der Waals surface area contributed by atoms with Crippen LogP contribution in [0.15, 0.2) is 0 Å². The first-order valence-electron chi connectivity index (χ1n) is 5.80. The van der Waals surface area contributed by atoms with E-state index in [1.807, 2.05) is 0 Å². The molecule has 4 heteroatoms. The van der Waals surface area contributed by atoms with Gasteiger partial charge in [0.2, 0.25) is 0 Å². The molecule has 0 spiro atoms. The Hall–Kier alpha value is -0.0900. The van der Waals surface area contributed by atoms with Crippen molar-refractivity contribution in [2.75, 3.05) is 24.6 Å². The molecular formula is C11H25NO2S. The average Bonchev–Trinajstić information content (AvgIpc) is 2.16. The molecule has 1 atom stereocenters. The molecule has 0 bridgehead atoms. The molecule has 0 heterocycles. The zero-order chi connectivity index (χ0) is 11.9. The summed E-state index contributed by atoms with van der Waals surface area (Å²) in [5.74, 6) is 1.90. The highest BCUT2D eigenvalue weighted by Gasteiger charge is 2.08. The monoisotopic (exact) mass is 235 g/mol. The van der Waals surface area contributed by atoms with Crippen molar-refractivity contribution in [1.29, 1.82) is 0 Å². The minimum atomic E-state index is -2.78. The van der Waals surface area contributed by atoms with Gasteiger partial charge in [-0.2, -0.15) is 0 Å². The third kappa shape index (κ3) is 7.79. The minimum absolute atomic E-state index is 0.259. The number of sulfone groups is 1. The Labute approximate surface area is 94.6 Å². The normalized spacial score (nSPS) is 14.5. The molecule has 0 aliphatic carbocycles. The molecular weight excluding hydrogens is 210 g/mol. The fourth-order valence-corrected chi connectivity index (χ4v) is 2.00. The molecule has 1 unspecified atom stereocenters. The predicted octanol–water partition coefficient (Wildman–Crippen LogP) is 1.69. The summed E-state index contributed by atoms with van der Waals surface area (Å²) in [5.41, 5.74) is 0. The van der Waals surface area contributed by atoms with Gasteiger partial charge in [-0.15, -0.1) is 0 Å². The third-order valence-electron chi connectivity index (χ3n) is 2.85. The highest BCUT2D eigenvalue weighted by atomic mass is 32.2. The van der Waals surface area contributed by atoms with Gasteiger partial charge in [-0.3, -0.25) is 0 Å². The third-order valence-corrected chi connectivity index (χ3v) is 4.64. The van der Waals surface area contributed by atoms with Crippen LogP contribution in [-0.2, 0) is 9.84 Å². The first-order valence-corrected chi connectivity index (χ1v) is 7.62. The Morgan fingerprint density at radius 3 is 2.27 bits per heavy atom. The lowest BCUT2D eigenvalue weighted by molar-refractivity contribution is 0.393. The number of rotatable bonds is 8. The lowest BCUT2D eigenvalue weighted by atomic mass is 9.98. The predicted molar refractivity (Wildman–Crippen MR) is 65.8 cm³/mol. The van der Waals surface area contributed by atoms with E-state index in [1.54, 1.807) is 6.92 Å². The SMILES string of the molecule is CCS(=O)(=O)CCCNCC(C)C(C)C. The second kappa shape index (κ2) is 7.23. The maximum absolute atomic E-state index is 11.2. The summed E-state index contributed by atoms with van der Waals surface area (Å²) in [5, 5.41) is 3.30. The van der Waals surface area contributed by atoms with Gasteiger partial charge in [0.1, 0.15) is 9.84 Å². The van der Waals surface area contributed by atoms with E-state index in [0.717, 1.165) is 19.5 Å². The Balaban J connectivity index is 3.49. The first kappa shape index (κ1) is 14.9. The van der Waals surface area contributed by atoms with Crippen LogP contribution in [0.3, 0.4) is 0 Å². The van der Waals surface area contributed by atoms with Crippen LogP contribution >= 0.6 is 0 Å². The van der Waals surface area contributed by atoms with Gasteiger partial charge in [-0.25, -0.2) is 8.42 Å². The van der Waals surface area contributed by atoms with Crippen LogP contribution in [0.25, 0.3) is 0 Å². The van der Waals surface area contributed by atoms with Gasteiger partial charge in [0, 0.05) is 5.75 Å². The second-order valence-electron chi connectivity index (χ2n) is 4.52. The fourth-order valence-electron chi connectivity index (χ4n) is 1.13. The molecule has 0 fully saturated rings. The van der Waals surface area contributed by atoms with Crippen LogP contribution in [-0.4, -0.2) is 33.0 Å². The van der Waals surface area contributed by atoms with Crippen molar-refractivity contribution in [2.45, 2.75) is 34.1 Å². The zero-order valence-electron chi connectivity index (χ0n) is 10.4. The van der Waals surface area contributed by atoms with Crippen molar-refractivity contribution in [3.8, 4) is 0 Å². The number of hydrogen-bond donors (Lipinski definition) is 1. The van der Waals surface area contributed by atoms with Crippen LogP contribution in [0.4, 0.5) is 0 Å². The van der Waals surface area contributed by atoms with Crippen LogP contribution in [0.2, 0.25) is 0 Å². The fraction of sp³-hybridized carbons (Fsp3) is 1.00. The molecule has 3 nitrogen and oxygen atoms in total. The molecule has 1 N–H and O–H groups in total. The molecule has 0 saturated carbocycles. The van der Waals surface area contributed by atoms with Crippen LogP contribution in [0.5, 0.6) is 0 Å². The summed E-state index contributed by atoms with van der Waals surface area (Å²) >= 11 is 0. The van der Waals surface area contributed by atoms with Gasteiger partial charge in [0.05, 0.1) is 5.75 Å². The molecule has 92 valence electrons. The molecule has 0 aromatic rings. The molecule has 0 rings (SSSR count). The smallest absolute Gasteiger partial charge is 0.150 e. The van der Waals surface area contributed by atoms with E-state index in [0.29, 0.717) is 17.6 Å². The van der Waals surface area contributed by atoms with Crippen LogP contribution in [0, 0.1) is 11.8 Å². The maximum atomic E-state index is 11.2. The molecule has 0 aromatic carbocycles. The first-order chi connectivity index (χ1) is 6.89. The summed E-state index contributed by atoms with van der Waals surface area (Å²) < 4.78 is 22.4. The lowest BCUT2D eigenvalue weighted by Gasteiger charge is -2.15. The van der Waals surface area contributed by atoms with Gasteiger partial charge in [0.15, 0.2) is 0 Å². The Kier molecular flexibility index (Phi) is 7.18. The van der Waals surface area contributed by atoms with Gasteiger partial charge in [-0.05, 0) is 31.3 Å². The summed E-state index contributed by atoms with van der Waals surface area (Å²) in [6, 6.07) is 0. The summed E-state index contributed by atoms with van der Waals surface area (Å²) in [6.45, 7) is 10.1. The Morgan fingerprint density at radius 1 is 1.20 bits per heavy atom. The standard InChI is InChI=1S/C11H25NO2S/c1-5-15(13,14)8-6-7-12-9-11(4)10(2)3/h10-12H,5-9H2,1-4H3. The highest BCUT2D eigenvalue weighted by Crippen LogP contribution is 2.07. The average molecular weight is 235 g/mol. The van der Waals surface area contributed by atoms with Crippen molar-refractivity contribution in [1.82, 2.24) is 5.32 Å². The van der Waals surface area contributed by atoms with E-state index in [-0.39, 0.29) is 5.75 Å². The van der Waals surface area contributed by atoms with Crippen LogP contribution < -0.4 is 5.32 Å². The quantitative estimate of drug-likeness (QED) is 0.651. The molecule has 0 aliphatic heterocycles. The molecule has 0 radical (unpaired) electrons. The topological polar surface area (TPSA) is 46.2 Å². The molecule has 0 amide bonds. The van der Waals surface area contributed by atoms with Crippen molar-refractivity contribution in [2.24, 2.45) is 11.8 Å². The van der Waals surface area contributed by atoms with E-state index in [9.17, 15) is 8.42 Å². The summed E-state index contributed by atoms with van der Waals surface area (Å²) in [7, 11) is -2.78. The summed E-state index contributed by atoms with van der Waals surface area (Å²) in [4.78, 5) is 0. The van der Waals surface area contributed by atoms with E-state index < -0.39 is 9.84 Å². The van der Waals surface area contributed by atoms with E-state index in [2.05, 4.69) is 26.1 Å². The largest absolute Gasteiger partial charge is 0.316 e. The van der Waals surface area contributed by atoms with Crippen molar-refractivity contribution in [3.05, 3.63) is 0 Å². The highest BCUT2D eigenvalue weighted by molar-refractivity contribution is 7.91. The minimum Gasteiger partial charge on any atom is -0.316 e. The van der Waals surface area contributed by atoms with Crippen molar-refractivity contribution in [3.63, 3.8) is 0 Å². The number of nitrogens with one attached hydrogen (secondary N) is 1. The Bertz CT molecular complexity index is 247. The van der Waals surface area contributed by atoms with Crippen LogP contribution in [0.1, 0.15) is 34.1 Å². The zero-order valence-corrected chi connectivity index (χ0v) is 11.2. The summed E-state index contributed by atoms with van der Waals surface area (Å²) in [6.07, 6.45) is 0.723. The molecule has 0 aliphatic rings. The maximum Gasteiger partial charge on any atom is 0.150 e. The molecule has 0 saturated heterocycles. The van der Waals surface area contributed by atoms with Gasteiger partial charge < -0.3 is 5.32 Å². The lowest BCUT2D eigenvalue weighted by Crippen LogP contribution is -2.26. The van der Waals surface area contributed by atoms with Crippen molar-refractivity contribution >= 4 is 9.84 Å². The van der Waals surface area contributed by atoms with Gasteiger partial charge in [-0.1, -0.05) is 27.7 Å². The molecule has 0 aromatic heterocycles. The Morgan fingerprint density at radius 2 is 1.80 bits per heavy atom. The van der Waals surface area contributed by atoms with Gasteiger partial charge >= 0.3 is 0 Å². The van der Waals surface area contributed by atoms with E-state index in [1.165, 1.54) is 0 Å². The van der Waals surface area contributed by atoms with E-state index >= 15 is 0 Å².